The van der Waals surface area contributed by atoms with Crippen LogP contribution in [0, 0.1) is 0 Å². The molecule has 1 saturated heterocycles. The number of hydrogen-bond acceptors (Lipinski definition) is 3. The average molecular weight is 313 g/mol. The predicted molar refractivity (Wildman–Crippen MR) is 77.8 cm³/mol. The lowest BCUT2D eigenvalue weighted by atomic mass is 9.98. The van der Waals surface area contributed by atoms with Crippen LogP contribution >= 0.6 is 15.9 Å². The van der Waals surface area contributed by atoms with Crippen molar-refractivity contribution in [2.24, 2.45) is 0 Å². The fourth-order valence-corrected chi connectivity index (χ4v) is 3.14. The lowest BCUT2D eigenvalue weighted by Crippen LogP contribution is -2.48. The molecule has 0 amide bonds. The van der Waals surface area contributed by atoms with Crippen molar-refractivity contribution in [3.05, 3.63) is 34.3 Å². The molecule has 1 aliphatic rings. The molecular formula is C14H21BrN2O. The van der Waals surface area contributed by atoms with E-state index in [-0.39, 0.29) is 6.10 Å². The molecule has 1 aliphatic heterocycles. The van der Waals surface area contributed by atoms with Crippen molar-refractivity contribution >= 4 is 15.9 Å². The van der Waals surface area contributed by atoms with Crippen LogP contribution in [0.1, 0.15) is 18.5 Å². The van der Waals surface area contributed by atoms with Gasteiger partial charge in [0.2, 0.25) is 0 Å². The minimum Gasteiger partial charge on any atom is -0.374 e. The standard InChI is InChI=1S/C14H21BrN2O/c1-3-17-8-9-18-13(10-16-2)14(17)11-6-4-5-7-12(11)15/h4-7,13-14,16H,3,8-10H2,1-2H3. The number of hydrogen-bond donors (Lipinski definition) is 1. The molecule has 1 fully saturated rings. The second-order valence-corrected chi connectivity index (χ2v) is 5.42. The Labute approximate surface area is 118 Å². The monoisotopic (exact) mass is 312 g/mol. The highest BCUT2D eigenvalue weighted by Gasteiger charge is 2.33. The lowest BCUT2D eigenvalue weighted by molar-refractivity contribution is -0.0688. The number of morpholine rings is 1. The quantitative estimate of drug-likeness (QED) is 0.924. The first-order valence-corrected chi connectivity index (χ1v) is 7.32. The van der Waals surface area contributed by atoms with E-state index in [4.69, 9.17) is 4.74 Å². The Morgan fingerprint density at radius 3 is 2.89 bits per heavy atom. The maximum atomic E-state index is 5.95. The smallest absolute Gasteiger partial charge is 0.0896 e. The van der Waals surface area contributed by atoms with Crippen molar-refractivity contribution in [2.75, 3.05) is 33.3 Å². The zero-order valence-electron chi connectivity index (χ0n) is 11.0. The Bertz CT molecular complexity index is 384. The molecule has 100 valence electrons. The van der Waals surface area contributed by atoms with Crippen molar-refractivity contribution < 1.29 is 4.74 Å². The van der Waals surface area contributed by atoms with Gasteiger partial charge in [-0.15, -0.1) is 0 Å². The molecule has 0 radical (unpaired) electrons. The number of nitrogens with one attached hydrogen (secondary N) is 1. The van der Waals surface area contributed by atoms with Crippen LogP contribution < -0.4 is 5.32 Å². The number of benzene rings is 1. The van der Waals surface area contributed by atoms with Crippen LogP contribution in [0.2, 0.25) is 0 Å². The molecule has 1 N–H and O–H groups in total. The fraction of sp³-hybridized carbons (Fsp3) is 0.571. The maximum Gasteiger partial charge on any atom is 0.0896 e. The molecule has 1 aromatic rings. The van der Waals surface area contributed by atoms with Gasteiger partial charge in [-0.25, -0.2) is 0 Å². The molecule has 1 aromatic carbocycles. The Morgan fingerprint density at radius 1 is 1.44 bits per heavy atom. The van der Waals surface area contributed by atoms with E-state index in [0.717, 1.165) is 26.2 Å². The number of likely N-dealkylation sites (N-methyl/N-ethyl adjacent to an activating group) is 2. The molecule has 2 rings (SSSR count). The number of ether oxygens (including phenoxy) is 1. The number of nitrogens with zero attached hydrogens (tertiary/aromatic N) is 1. The Hall–Kier alpha value is -0.420. The molecule has 18 heavy (non-hydrogen) atoms. The molecule has 3 nitrogen and oxygen atoms in total. The SMILES string of the molecule is CCN1CCOC(CNC)C1c1ccccc1Br. The molecule has 2 atom stereocenters. The normalized spacial score (nSPS) is 25.3. The number of rotatable bonds is 4. The Kier molecular flexibility index (Phi) is 5.18. The minimum atomic E-state index is 0.211. The molecule has 0 bridgehead atoms. The molecule has 4 heteroatoms. The van der Waals surface area contributed by atoms with Gasteiger partial charge >= 0.3 is 0 Å². The summed E-state index contributed by atoms with van der Waals surface area (Å²) in [6.07, 6.45) is 0.211. The van der Waals surface area contributed by atoms with Crippen LogP contribution in [-0.2, 0) is 4.74 Å². The minimum absolute atomic E-state index is 0.211. The third kappa shape index (κ3) is 2.94. The number of halogens is 1. The molecular weight excluding hydrogens is 292 g/mol. The van der Waals surface area contributed by atoms with Gasteiger partial charge in [0.05, 0.1) is 18.8 Å². The van der Waals surface area contributed by atoms with Crippen LogP contribution in [0.4, 0.5) is 0 Å². The summed E-state index contributed by atoms with van der Waals surface area (Å²) >= 11 is 3.66. The van der Waals surface area contributed by atoms with Gasteiger partial charge in [-0.1, -0.05) is 41.1 Å². The van der Waals surface area contributed by atoms with Crippen molar-refractivity contribution in [2.45, 2.75) is 19.1 Å². The highest BCUT2D eigenvalue weighted by Crippen LogP contribution is 2.33. The van der Waals surface area contributed by atoms with Crippen molar-refractivity contribution in [3.8, 4) is 0 Å². The summed E-state index contributed by atoms with van der Waals surface area (Å²) in [7, 11) is 1.98. The van der Waals surface area contributed by atoms with Gasteiger partial charge in [0, 0.05) is 17.6 Å². The fourth-order valence-electron chi connectivity index (χ4n) is 2.63. The summed E-state index contributed by atoms with van der Waals surface area (Å²) in [6, 6.07) is 8.77. The third-order valence-electron chi connectivity index (χ3n) is 3.49. The first kappa shape index (κ1) is 14.0. The summed E-state index contributed by atoms with van der Waals surface area (Å²) < 4.78 is 7.11. The second kappa shape index (κ2) is 6.66. The van der Waals surface area contributed by atoms with E-state index >= 15 is 0 Å². The summed E-state index contributed by atoms with van der Waals surface area (Å²) in [4.78, 5) is 2.49. The molecule has 0 spiro atoms. The highest BCUT2D eigenvalue weighted by atomic mass is 79.9. The lowest BCUT2D eigenvalue weighted by Gasteiger charge is -2.41. The van der Waals surface area contributed by atoms with Gasteiger partial charge in [-0.05, 0) is 25.2 Å². The Balaban J connectivity index is 2.30. The van der Waals surface area contributed by atoms with Crippen LogP contribution in [0.5, 0.6) is 0 Å². The Morgan fingerprint density at radius 2 is 2.22 bits per heavy atom. The van der Waals surface area contributed by atoms with Crippen LogP contribution in [0.15, 0.2) is 28.7 Å². The van der Waals surface area contributed by atoms with Crippen LogP contribution in [0.3, 0.4) is 0 Å². The van der Waals surface area contributed by atoms with Gasteiger partial charge < -0.3 is 10.1 Å². The van der Waals surface area contributed by atoms with Crippen LogP contribution in [-0.4, -0.2) is 44.3 Å². The second-order valence-electron chi connectivity index (χ2n) is 4.56. The molecule has 0 aromatic heterocycles. The summed E-state index contributed by atoms with van der Waals surface area (Å²) in [5.41, 5.74) is 1.32. The van der Waals surface area contributed by atoms with Crippen molar-refractivity contribution in [3.63, 3.8) is 0 Å². The van der Waals surface area contributed by atoms with Crippen molar-refractivity contribution in [1.82, 2.24) is 10.2 Å². The zero-order chi connectivity index (χ0) is 13.0. The first-order valence-electron chi connectivity index (χ1n) is 6.52. The summed E-state index contributed by atoms with van der Waals surface area (Å²) in [5, 5.41) is 3.23. The van der Waals surface area contributed by atoms with Gasteiger partial charge in [-0.3, -0.25) is 4.90 Å². The molecule has 2 unspecified atom stereocenters. The van der Waals surface area contributed by atoms with Crippen LogP contribution in [0.25, 0.3) is 0 Å². The summed E-state index contributed by atoms with van der Waals surface area (Å²) in [6.45, 7) is 5.97. The highest BCUT2D eigenvalue weighted by molar-refractivity contribution is 9.10. The van der Waals surface area contributed by atoms with E-state index < -0.39 is 0 Å². The van der Waals surface area contributed by atoms with E-state index in [2.05, 4.69) is 57.3 Å². The topological polar surface area (TPSA) is 24.5 Å². The molecule has 0 aliphatic carbocycles. The summed E-state index contributed by atoms with van der Waals surface area (Å²) in [5.74, 6) is 0. The van der Waals surface area contributed by atoms with Gasteiger partial charge in [0.25, 0.3) is 0 Å². The zero-order valence-corrected chi connectivity index (χ0v) is 12.6. The predicted octanol–water partition coefficient (Wildman–Crippen LogP) is 2.43. The first-order chi connectivity index (χ1) is 8.77. The van der Waals surface area contributed by atoms with E-state index in [9.17, 15) is 0 Å². The van der Waals surface area contributed by atoms with Gasteiger partial charge in [0.1, 0.15) is 0 Å². The van der Waals surface area contributed by atoms with E-state index in [1.807, 2.05) is 7.05 Å². The largest absolute Gasteiger partial charge is 0.374 e. The third-order valence-corrected chi connectivity index (χ3v) is 4.21. The van der Waals surface area contributed by atoms with Crippen molar-refractivity contribution in [1.29, 1.82) is 0 Å². The van der Waals surface area contributed by atoms with E-state index in [1.54, 1.807) is 0 Å². The maximum absolute atomic E-state index is 5.95. The van der Waals surface area contributed by atoms with E-state index in [1.165, 1.54) is 10.0 Å². The van der Waals surface area contributed by atoms with E-state index in [0.29, 0.717) is 6.04 Å². The average Bonchev–Trinajstić information content (AvgIpc) is 2.40. The van der Waals surface area contributed by atoms with Gasteiger partial charge in [0.15, 0.2) is 0 Å². The molecule has 0 saturated carbocycles. The van der Waals surface area contributed by atoms with Gasteiger partial charge in [-0.2, -0.15) is 0 Å². The molecule has 1 heterocycles.